The molecule has 13 rings (SSSR count). The Labute approximate surface area is 343 Å². The van der Waals surface area contributed by atoms with Gasteiger partial charge in [-0.25, -0.2) is 15.0 Å². The van der Waals surface area contributed by atoms with E-state index >= 15 is 0 Å². The maximum Gasteiger partial charge on any atom is 0.164 e. The third-order valence-electron chi connectivity index (χ3n) is 11.5. The molecule has 0 aliphatic heterocycles. The Bertz CT molecular complexity index is 3970. The molecule has 0 radical (unpaired) electrons. The molecule has 6 heteroatoms. The van der Waals surface area contributed by atoms with Crippen molar-refractivity contribution in [3.63, 3.8) is 0 Å². The number of benzene rings is 9. The molecule has 4 aromatic heterocycles. The van der Waals surface area contributed by atoms with Crippen LogP contribution in [0.4, 0.5) is 0 Å². The molecule has 9 aromatic carbocycles. The van der Waals surface area contributed by atoms with E-state index < -0.39 is 18.1 Å². The Morgan fingerprint density at radius 3 is 1.53 bits per heavy atom. The number of rotatable bonds is 4. The molecule has 13 aromatic rings. The molecule has 0 fully saturated rings. The lowest BCUT2D eigenvalue weighted by atomic mass is 9.98. The summed E-state index contributed by atoms with van der Waals surface area (Å²) in [5, 5.41) is 9.19. The van der Waals surface area contributed by atoms with Gasteiger partial charge in [0.15, 0.2) is 17.5 Å². The van der Waals surface area contributed by atoms with E-state index in [1.54, 1.807) is 4.57 Å². The molecule has 0 saturated heterocycles. The Morgan fingerprint density at radius 1 is 0.424 bits per heavy atom. The van der Waals surface area contributed by atoms with Crippen molar-refractivity contribution in [2.24, 2.45) is 0 Å². The van der Waals surface area contributed by atoms with Gasteiger partial charge in [0.05, 0.1) is 17.9 Å². The van der Waals surface area contributed by atoms with Crippen molar-refractivity contribution in [3.05, 3.63) is 182 Å². The molecule has 0 amide bonds. The van der Waals surface area contributed by atoms with Crippen molar-refractivity contribution >= 4 is 87.2 Å². The molecule has 274 valence electrons. The van der Waals surface area contributed by atoms with Crippen molar-refractivity contribution in [3.8, 4) is 39.9 Å². The van der Waals surface area contributed by atoms with Crippen LogP contribution in [0.1, 0.15) is 6.85 Å². The first-order valence-corrected chi connectivity index (χ1v) is 19.4. The topological polar surface area (TPSA) is 69.9 Å². The van der Waals surface area contributed by atoms with Crippen LogP contribution in [-0.2, 0) is 0 Å². The predicted molar refractivity (Wildman–Crippen MR) is 240 cm³/mol. The minimum atomic E-state index is -0.452. The summed E-state index contributed by atoms with van der Waals surface area (Å²) in [6.07, 6.45) is 0. The van der Waals surface area contributed by atoms with Gasteiger partial charge in [-0.2, -0.15) is 0 Å². The lowest BCUT2D eigenvalue weighted by Gasteiger charge is -2.12. The van der Waals surface area contributed by atoms with Crippen LogP contribution in [0.3, 0.4) is 0 Å². The molecule has 0 aliphatic rings. The van der Waals surface area contributed by atoms with Gasteiger partial charge in [-0.05, 0) is 59.3 Å². The number of hydrogen-bond donors (Lipinski definition) is 0. The second-order valence-electron chi connectivity index (χ2n) is 14.8. The first kappa shape index (κ1) is 27.5. The molecule has 0 N–H and O–H groups in total. The monoisotopic (exact) mass is 759 g/mol. The van der Waals surface area contributed by atoms with Crippen LogP contribution in [0, 0.1) is 0 Å². The van der Waals surface area contributed by atoms with E-state index in [0.717, 1.165) is 87.3 Å². The molecule has 0 saturated carbocycles. The molecule has 59 heavy (non-hydrogen) atoms. The van der Waals surface area contributed by atoms with Crippen LogP contribution < -0.4 is 0 Å². The molecular weight excluding hydrogens is 725 g/mol. The number of para-hydroxylation sites is 4. The highest BCUT2D eigenvalue weighted by Crippen LogP contribution is 2.44. The molecule has 4 heterocycles. The third-order valence-corrected chi connectivity index (χ3v) is 11.5. The minimum absolute atomic E-state index is 0.0576. The Balaban J connectivity index is 1.16. The average molecular weight is 760 g/mol. The fraction of sp³-hybridized carbons (Fsp3) is 0. The molecule has 6 nitrogen and oxygen atoms in total. The molecule has 0 atom stereocenters. The Hall–Kier alpha value is -8.09. The van der Waals surface area contributed by atoms with Gasteiger partial charge in [0.1, 0.15) is 22.3 Å². The first-order valence-electron chi connectivity index (χ1n) is 21.9. The van der Waals surface area contributed by atoms with E-state index in [1.165, 1.54) is 0 Å². The van der Waals surface area contributed by atoms with Gasteiger partial charge in [0.25, 0.3) is 0 Å². The lowest BCUT2D eigenvalue weighted by Crippen LogP contribution is -2.01. The van der Waals surface area contributed by atoms with Crippen molar-refractivity contribution in [1.29, 1.82) is 0 Å². The summed E-state index contributed by atoms with van der Waals surface area (Å²) in [5.74, 6) is 1.24. The van der Waals surface area contributed by atoms with Gasteiger partial charge >= 0.3 is 0 Å². The van der Waals surface area contributed by atoms with Crippen LogP contribution in [-0.4, -0.2) is 19.5 Å². The predicted octanol–water partition coefficient (Wildman–Crippen LogP) is 14.1. The zero-order valence-electron chi connectivity index (χ0n) is 36.0. The van der Waals surface area contributed by atoms with Gasteiger partial charge in [-0.15, -0.1) is 0 Å². The van der Waals surface area contributed by atoms with Gasteiger partial charge < -0.3 is 13.4 Å². The molecule has 0 spiro atoms. The Morgan fingerprint density at radius 2 is 0.915 bits per heavy atom. The summed E-state index contributed by atoms with van der Waals surface area (Å²) in [6.45, 7) is 0. The highest BCUT2D eigenvalue weighted by atomic mass is 16.3. The molecular formula is C53H30N4O2. The van der Waals surface area contributed by atoms with Gasteiger partial charge in [0.2, 0.25) is 0 Å². The smallest absolute Gasteiger partial charge is 0.164 e. The van der Waals surface area contributed by atoms with E-state index in [2.05, 4.69) is 48.5 Å². The summed E-state index contributed by atoms with van der Waals surface area (Å²) < 4.78 is 58.5. The second kappa shape index (κ2) is 12.2. The van der Waals surface area contributed by atoms with Crippen molar-refractivity contribution < 1.29 is 15.7 Å². The fourth-order valence-corrected chi connectivity index (χ4v) is 8.92. The number of nitrogens with zero attached hydrogens (tertiary/aromatic N) is 4. The zero-order chi connectivity index (χ0) is 43.0. The highest BCUT2D eigenvalue weighted by Gasteiger charge is 2.24. The average Bonchev–Trinajstić information content (AvgIpc) is 4.03. The summed E-state index contributed by atoms with van der Waals surface area (Å²) in [7, 11) is 0. The van der Waals surface area contributed by atoms with Gasteiger partial charge in [-0.3, -0.25) is 0 Å². The van der Waals surface area contributed by atoms with Gasteiger partial charge in [0, 0.05) is 65.5 Å². The Kier molecular flexibility index (Phi) is 5.69. The quantitative estimate of drug-likeness (QED) is 0.179. The minimum Gasteiger partial charge on any atom is -0.455 e. The van der Waals surface area contributed by atoms with E-state index in [1.807, 2.05) is 103 Å². The lowest BCUT2D eigenvalue weighted by molar-refractivity contribution is 0.672. The maximum absolute atomic E-state index is 9.02. The van der Waals surface area contributed by atoms with Crippen LogP contribution in [0.5, 0.6) is 0 Å². The van der Waals surface area contributed by atoms with E-state index in [4.69, 9.17) is 30.6 Å². The maximum atomic E-state index is 9.02. The highest BCUT2D eigenvalue weighted by molar-refractivity contribution is 6.22. The number of fused-ring (bicyclic) bond motifs is 13. The number of hydrogen-bond acceptors (Lipinski definition) is 5. The standard InChI is InChI=1S/C53H30N4O2/c1-2-16-34(17-3-1)57-43-23-11-8-20-37(43)38-27-26-33(30-44(38)57)51-54-52(41-28-31-14-4-6-18-35(31)49-47(41)39-21-9-12-24-45(39)58-49)56-53(55-51)42-29-32-15-5-7-19-36(32)50-48(42)40-22-10-13-25-46(40)59-50/h1-30H/i1D,2D,3D,16D,17D. The van der Waals surface area contributed by atoms with Crippen LogP contribution in [0.2, 0.25) is 0 Å². The van der Waals surface area contributed by atoms with Crippen molar-refractivity contribution in [2.45, 2.75) is 0 Å². The number of aromatic nitrogens is 4. The fourth-order valence-electron chi connectivity index (χ4n) is 8.92. The van der Waals surface area contributed by atoms with E-state index in [9.17, 15) is 0 Å². The summed E-state index contributed by atoms with van der Waals surface area (Å²) >= 11 is 0. The zero-order valence-corrected chi connectivity index (χ0v) is 31.0. The molecule has 0 aliphatic carbocycles. The second-order valence-corrected chi connectivity index (χ2v) is 14.8. The van der Waals surface area contributed by atoms with E-state index in [0.29, 0.717) is 34.1 Å². The van der Waals surface area contributed by atoms with Crippen molar-refractivity contribution in [1.82, 2.24) is 19.5 Å². The normalized spacial score (nSPS) is 13.3. The first-order chi connectivity index (χ1) is 31.3. The van der Waals surface area contributed by atoms with Crippen LogP contribution >= 0.6 is 0 Å². The third kappa shape index (κ3) is 4.71. The summed E-state index contributed by atoms with van der Waals surface area (Å²) in [4.78, 5) is 16.0. The molecule has 0 unspecified atom stereocenters. The number of furan rings is 2. The van der Waals surface area contributed by atoms with Crippen LogP contribution in [0.15, 0.2) is 191 Å². The SMILES string of the molecule is [2H]c1c([2H])c([2H])c(-n2c3ccccc3c3ccc(-c4nc(-c5cc6ccccc6c6oc7ccccc7c56)nc(-c5cc6ccccc6c6oc7ccccc7c56)n4)cc32)c([2H])c1[2H]. The van der Waals surface area contributed by atoms with Crippen LogP contribution in [0.25, 0.3) is 127 Å². The summed E-state index contributed by atoms with van der Waals surface area (Å²) in [5.41, 5.74) is 6.52. The summed E-state index contributed by atoms with van der Waals surface area (Å²) in [6, 6.07) is 48.2. The molecule has 0 bridgehead atoms. The van der Waals surface area contributed by atoms with Crippen molar-refractivity contribution in [2.75, 3.05) is 0 Å². The van der Waals surface area contributed by atoms with E-state index in [-0.39, 0.29) is 17.8 Å². The van der Waals surface area contributed by atoms with Gasteiger partial charge in [-0.1, -0.05) is 133 Å². The largest absolute Gasteiger partial charge is 0.455 e.